The first-order valence-electron chi connectivity index (χ1n) is 2.23. The number of carbonyl (C=O) groups excluding carboxylic acids is 1. The third kappa shape index (κ3) is 4.65. The van der Waals surface area contributed by atoms with Crippen molar-refractivity contribution in [1.82, 2.24) is 5.32 Å². The maximum atomic E-state index is 10.2. The minimum absolute atomic E-state index is 0.141. The van der Waals surface area contributed by atoms with E-state index in [1.807, 2.05) is 0 Å². The zero-order valence-corrected chi connectivity index (χ0v) is 5.01. The summed E-state index contributed by atoms with van der Waals surface area (Å²) >= 11 is 0. The Bertz CT molecular complexity index is 127. The first-order valence-corrected chi connectivity index (χ1v) is 2.23. The van der Waals surface area contributed by atoms with Crippen LogP contribution in [-0.4, -0.2) is 19.7 Å². The average Bonchev–Trinajstić information content (AvgIpc) is 1.85. The minimum atomic E-state index is -0.685. The number of nitrogens with one attached hydrogen (secondary N) is 1. The molecular formula is C5H7NO3. The molecule has 0 aliphatic heterocycles. The summed E-state index contributed by atoms with van der Waals surface area (Å²) in [5.74, 6) is 2.19. The Morgan fingerprint density at radius 1 is 1.89 bits per heavy atom. The molecule has 0 aromatic heterocycles. The highest BCUT2D eigenvalue weighted by molar-refractivity contribution is 5.66. The second-order valence-electron chi connectivity index (χ2n) is 1.10. The number of amides is 1. The fraction of sp³-hybridized carbons (Fsp3) is 0.400. The highest BCUT2D eigenvalue weighted by Gasteiger charge is 1.96. The highest BCUT2D eigenvalue weighted by Crippen LogP contribution is 1.73. The molecule has 0 saturated heterocycles. The quantitative estimate of drug-likeness (QED) is 0.322. The first kappa shape index (κ1) is 7.79. The van der Waals surface area contributed by atoms with E-state index in [0.29, 0.717) is 0 Å². The van der Waals surface area contributed by atoms with Crippen LogP contribution in [0.25, 0.3) is 0 Å². The van der Waals surface area contributed by atoms with Gasteiger partial charge in [0.05, 0.1) is 13.7 Å². The topological polar surface area (TPSA) is 47.6 Å². The van der Waals surface area contributed by atoms with E-state index in [0.717, 1.165) is 0 Å². The van der Waals surface area contributed by atoms with E-state index < -0.39 is 6.09 Å². The lowest BCUT2D eigenvalue weighted by atomic mass is 10.7. The number of hydrogen-bond acceptors (Lipinski definition) is 3. The Labute approximate surface area is 53.1 Å². The summed E-state index contributed by atoms with van der Waals surface area (Å²) in [6.07, 6.45) is 4.13. The van der Waals surface area contributed by atoms with Crippen molar-refractivity contribution < 1.29 is 14.6 Å². The van der Waals surface area contributed by atoms with Crippen molar-refractivity contribution in [1.29, 1.82) is 0 Å². The number of rotatable bonds is 2. The van der Waals surface area contributed by atoms with Crippen molar-refractivity contribution in [3.63, 3.8) is 0 Å². The van der Waals surface area contributed by atoms with Gasteiger partial charge in [0.2, 0.25) is 0 Å². The van der Waals surface area contributed by atoms with Crippen LogP contribution in [0, 0.1) is 12.3 Å². The third-order valence-electron chi connectivity index (χ3n) is 0.494. The van der Waals surface area contributed by atoms with Crippen molar-refractivity contribution in [2.45, 2.75) is 0 Å². The molecule has 4 heteroatoms. The molecule has 0 atom stereocenters. The molecule has 50 valence electrons. The molecule has 0 unspecified atom stereocenters. The van der Waals surface area contributed by atoms with Gasteiger partial charge in [0.25, 0.3) is 0 Å². The maximum Gasteiger partial charge on any atom is 0.439 e. The van der Waals surface area contributed by atoms with Gasteiger partial charge in [-0.1, -0.05) is 5.92 Å². The molecule has 1 N–H and O–H groups in total. The molecule has 0 radical (unpaired) electrons. The van der Waals surface area contributed by atoms with Crippen LogP contribution in [0.4, 0.5) is 4.79 Å². The van der Waals surface area contributed by atoms with Crippen molar-refractivity contribution in [2.75, 3.05) is 13.7 Å². The minimum Gasteiger partial charge on any atom is -0.308 e. The zero-order chi connectivity index (χ0) is 7.11. The normalized spacial score (nSPS) is 7.56. The first-order chi connectivity index (χ1) is 4.31. The zero-order valence-electron chi connectivity index (χ0n) is 5.01. The molecule has 0 fully saturated rings. The molecule has 0 aliphatic rings. The Balaban J connectivity index is 3.19. The summed E-state index contributed by atoms with van der Waals surface area (Å²) in [5.41, 5.74) is 0. The molecule has 0 rings (SSSR count). The van der Waals surface area contributed by atoms with E-state index in [1.54, 1.807) is 0 Å². The molecule has 4 nitrogen and oxygen atoms in total. The predicted octanol–water partition coefficient (Wildman–Crippen LogP) is -0.0928. The van der Waals surface area contributed by atoms with Crippen LogP contribution in [0.15, 0.2) is 0 Å². The smallest absolute Gasteiger partial charge is 0.308 e. The van der Waals surface area contributed by atoms with E-state index in [-0.39, 0.29) is 6.54 Å². The van der Waals surface area contributed by atoms with Gasteiger partial charge in [-0.25, -0.2) is 4.79 Å². The third-order valence-corrected chi connectivity index (χ3v) is 0.494. The Hall–Kier alpha value is -1.21. The summed E-state index contributed by atoms with van der Waals surface area (Å²) in [5, 5.41) is 2.21. The van der Waals surface area contributed by atoms with Gasteiger partial charge in [-0.15, -0.1) is 6.42 Å². The Kier molecular flexibility index (Phi) is 4.27. The summed E-state index contributed by atoms with van der Waals surface area (Å²) in [6, 6.07) is 0. The van der Waals surface area contributed by atoms with E-state index >= 15 is 0 Å². The average molecular weight is 129 g/mol. The van der Waals surface area contributed by atoms with Gasteiger partial charge < -0.3 is 5.32 Å². The molecule has 0 bridgehead atoms. The molecule has 0 spiro atoms. The highest BCUT2D eigenvalue weighted by atomic mass is 17.2. The second-order valence-corrected chi connectivity index (χ2v) is 1.10. The van der Waals surface area contributed by atoms with Gasteiger partial charge >= 0.3 is 6.09 Å². The van der Waals surface area contributed by atoms with Gasteiger partial charge in [-0.2, -0.15) is 4.89 Å². The lowest BCUT2D eigenvalue weighted by molar-refractivity contribution is -0.212. The fourth-order valence-electron chi connectivity index (χ4n) is 0.228. The van der Waals surface area contributed by atoms with Gasteiger partial charge in [0.15, 0.2) is 0 Å². The molecule has 0 heterocycles. The van der Waals surface area contributed by atoms with Crippen LogP contribution in [-0.2, 0) is 9.78 Å². The molecule has 9 heavy (non-hydrogen) atoms. The lowest BCUT2D eigenvalue weighted by Crippen LogP contribution is -2.23. The van der Waals surface area contributed by atoms with Gasteiger partial charge in [-0.3, -0.25) is 4.89 Å². The molecule has 0 aromatic rings. The van der Waals surface area contributed by atoms with Crippen molar-refractivity contribution >= 4 is 6.09 Å². The van der Waals surface area contributed by atoms with Crippen molar-refractivity contribution in [2.24, 2.45) is 0 Å². The molecule has 1 amide bonds. The van der Waals surface area contributed by atoms with E-state index in [4.69, 9.17) is 6.42 Å². The molecule has 0 aromatic carbocycles. The largest absolute Gasteiger partial charge is 0.439 e. The molecule has 0 saturated carbocycles. The van der Waals surface area contributed by atoms with E-state index in [2.05, 4.69) is 21.0 Å². The van der Waals surface area contributed by atoms with Crippen LogP contribution in [0.5, 0.6) is 0 Å². The summed E-state index contributed by atoms with van der Waals surface area (Å²) in [4.78, 5) is 18.3. The van der Waals surface area contributed by atoms with Crippen molar-refractivity contribution in [3.8, 4) is 12.3 Å². The van der Waals surface area contributed by atoms with Crippen LogP contribution < -0.4 is 5.32 Å². The standard InChI is InChI=1S/C5H7NO3/c1-3-4-6-5(7)9-8-2/h1H,4H2,2H3,(H,6,7). The summed E-state index contributed by atoms with van der Waals surface area (Å²) in [7, 11) is 1.23. The Morgan fingerprint density at radius 3 is 3.00 bits per heavy atom. The van der Waals surface area contributed by atoms with Crippen molar-refractivity contribution in [3.05, 3.63) is 0 Å². The number of terminal acetylenes is 1. The predicted molar refractivity (Wildman–Crippen MR) is 30.3 cm³/mol. The van der Waals surface area contributed by atoms with Gasteiger partial charge in [0.1, 0.15) is 0 Å². The maximum absolute atomic E-state index is 10.2. The lowest BCUT2D eigenvalue weighted by Gasteiger charge is -1.97. The van der Waals surface area contributed by atoms with E-state index in [1.165, 1.54) is 7.11 Å². The Morgan fingerprint density at radius 2 is 2.56 bits per heavy atom. The fourth-order valence-corrected chi connectivity index (χ4v) is 0.228. The van der Waals surface area contributed by atoms with Crippen LogP contribution in [0.3, 0.4) is 0 Å². The summed E-state index contributed by atoms with van der Waals surface area (Å²) < 4.78 is 0. The van der Waals surface area contributed by atoms with Gasteiger partial charge in [0, 0.05) is 0 Å². The number of carbonyl (C=O) groups is 1. The summed E-state index contributed by atoms with van der Waals surface area (Å²) in [6.45, 7) is 0.141. The number of hydrogen-bond donors (Lipinski definition) is 1. The molecule has 0 aliphatic carbocycles. The molecular weight excluding hydrogens is 122 g/mol. The second kappa shape index (κ2) is 4.94. The van der Waals surface area contributed by atoms with E-state index in [9.17, 15) is 4.79 Å². The monoisotopic (exact) mass is 129 g/mol. The van der Waals surface area contributed by atoms with Crippen LogP contribution >= 0.6 is 0 Å². The van der Waals surface area contributed by atoms with Gasteiger partial charge in [-0.05, 0) is 0 Å². The van der Waals surface area contributed by atoms with Crippen LogP contribution in [0.2, 0.25) is 0 Å². The van der Waals surface area contributed by atoms with Crippen LogP contribution in [0.1, 0.15) is 0 Å². The SMILES string of the molecule is C#CCNC(=O)OOC.